The lowest BCUT2D eigenvalue weighted by molar-refractivity contribution is 1.00. The van der Waals surface area contributed by atoms with Crippen molar-refractivity contribution in [2.24, 2.45) is 0 Å². The molecule has 1 heteroatoms. The first-order chi connectivity index (χ1) is 5.86. The molecule has 0 radical (unpaired) electrons. The predicted molar refractivity (Wildman–Crippen MR) is 57.6 cm³/mol. The molecule has 0 N–H and O–H groups in total. The van der Waals surface area contributed by atoms with Crippen LogP contribution in [0.25, 0.3) is 0 Å². The van der Waals surface area contributed by atoms with Gasteiger partial charge in [0.1, 0.15) is 0 Å². The normalized spacial score (nSPS) is 9.75. The maximum Gasteiger partial charge on any atom is 0.0283 e. The molecule has 64 valence electrons. The molecule has 0 amide bonds. The van der Waals surface area contributed by atoms with Gasteiger partial charge in [-0.25, -0.2) is 0 Å². The zero-order valence-electron chi connectivity index (χ0n) is 7.09. The summed E-state index contributed by atoms with van der Waals surface area (Å²) in [4.78, 5) is 0. The van der Waals surface area contributed by atoms with Gasteiger partial charge in [-0.3, -0.25) is 0 Å². The van der Waals surface area contributed by atoms with Crippen LogP contribution in [0.15, 0.2) is 36.9 Å². The monoisotopic (exact) mass is 224 g/mol. The number of alkyl halides is 1. The van der Waals surface area contributed by atoms with Crippen molar-refractivity contribution in [2.75, 3.05) is 0 Å². The van der Waals surface area contributed by atoms with E-state index in [2.05, 4.69) is 46.8 Å². The van der Waals surface area contributed by atoms with Crippen molar-refractivity contribution in [1.82, 2.24) is 0 Å². The number of aryl methyl sites for hydroxylation is 1. The van der Waals surface area contributed by atoms with E-state index in [1.807, 2.05) is 6.08 Å². The smallest absolute Gasteiger partial charge is 0.0283 e. The summed E-state index contributed by atoms with van der Waals surface area (Å²) in [5.74, 6) is 0. The molecule has 1 aromatic rings. The molecule has 12 heavy (non-hydrogen) atoms. The highest BCUT2D eigenvalue weighted by Gasteiger charge is 1.91. The minimum Gasteiger partial charge on any atom is -0.103 e. The van der Waals surface area contributed by atoms with Gasteiger partial charge in [-0.15, -0.1) is 6.58 Å². The van der Waals surface area contributed by atoms with E-state index in [1.54, 1.807) is 0 Å². The molecule has 0 aliphatic heterocycles. The molecule has 0 nitrogen and oxygen atoms in total. The number of halogens is 1. The van der Waals surface area contributed by atoms with Gasteiger partial charge in [0.2, 0.25) is 0 Å². The Labute approximate surface area is 82.4 Å². The number of benzene rings is 1. The van der Waals surface area contributed by atoms with Gasteiger partial charge in [-0.05, 0) is 24.0 Å². The van der Waals surface area contributed by atoms with Crippen molar-refractivity contribution >= 4 is 15.9 Å². The Balaban J connectivity index is 2.58. The van der Waals surface area contributed by atoms with Gasteiger partial charge in [0.05, 0.1) is 0 Å². The second-order valence-corrected chi connectivity index (χ2v) is 3.34. The predicted octanol–water partition coefficient (Wildman–Crippen LogP) is 3.70. The minimum absolute atomic E-state index is 0.939. The fraction of sp³-hybridized carbons (Fsp3) is 0.273. The fourth-order valence-corrected chi connectivity index (χ4v) is 1.44. The van der Waals surface area contributed by atoms with Crippen molar-refractivity contribution in [1.29, 1.82) is 0 Å². The highest BCUT2D eigenvalue weighted by molar-refractivity contribution is 9.08. The molecule has 0 unspecified atom stereocenters. The zero-order valence-corrected chi connectivity index (χ0v) is 8.68. The Morgan fingerprint density at radius 2 is 1.75 bits per heavy atom. The van der Waals surface area contributed by atoms with Gasteiger partial charge in [0, 0.05) is 5.33 Å². The van der Waals surface area contributed by atoms with Crippen molar-refractivity contribution in [2.45, 2.75) is 18.2 Å². The highest BCUT2D eigenvalue weighted by Crippen LogP contribution is 2.09. The van der Waals surface area contributed by atoms with Crippen molar-refractivity contribution < 1.29 is 0 Å². The van der Waals surface area contributed by atoms with Crippen molar-refractivity contribution in [3.8, 4) is 0 Å². The molecule has 1 aromatic carbocycles. The largest absolute Gasteiger partial charge is 0.103 e. The first-order valence-corrected chi connectivity index (χ1v) is 5.23. The number of rotatable bonds is 4. The first kappa shape index (κ1) is 9.53. The van der Waals surface area contributed by atoms with Gasteiger partial charge in [-0.1, -0.05) is 46.3 Å². The number of allylic oxidation sites excluding steroid dienone is 1. The van der Waals surface area contributed by atoms with Crippen molar-refractivity contribution in [3.63, 3.8) is 0 Å². The third kappa shape index (κ3) is 2.82. The van der Waals surface area contributed by atoms with E-state index in [1.165, 1.54) is 11.1 Å². The van der Waals surface area contributed by atoms with Crippen LogP contribution in [0.5, 0.6) is 0 Å². The van der Waals surface area contributed by atoms with Gasteiger partial charge in [0.25, 0.3) is 0 Å². The average Bonchev–Trinajstić information content (AvgIpc) is 2.15. The van der Waals surface area contributed by atoms with E-state index in [4.69, 9.17) is 0 Å². The van der Waals surface area contributed by atoms with Crippen LogP contribution in [0.2, 0.25) is 0 Å². The van der Waals surface area contributed by atoms with Crippen LogP contribution in [0.1, 0.15) is 17.5 Å². The van der Waals surface area contributed by atoms with Crippen LogP contribution >= 0.6 is 15.9 Å². The zero-order chi connectivity index (χ0) is 8.81. The van der Waals surface area contributed by atoms with Gasteiger partial charge < -0.3 is 0 Å². The molecular formula is C11H13Br. The van der Waals surface area contributed by atoms with E-state index >= 15 is 0 Å². The molecule has 0 spiro atoms. The lowest BCUT2D eigenvalue weighted by Gasteiger charge is -1.99. The average molecular weight is 225 g/mol. The lowest BCUT2D eigenvalue weighted by atomic mass is 10.1. The Hall–Kier alpha value is -0.560. The second kappa shape index (κ2) is 5.15. The standard InChI is InChI=1S/C11H13Br/c1-2-3-4-10-5-7-11(9-12)8-6-10/h2,5-8H,1,3-4,9H2. The summed E-state index contributed by atoms with van der Waals surface area (Å²) in [5, 5.41) is 0.939. The second-order valence-electron chi connectivity index (χ2n) is 2.78. The van der Waals surface area contributed by atoms with Crippen LogP contribution in [-0.4, -0.2) is 0 Å². The first-order valence-electron chi connectivity index (χ1n) is 4.11. The molecule has 0 saturated carbocycles. The van der Waals surface area contributed by atoms with E-state index in [9.17, 15) is 0 Å². The Morgan fingerprint density at radius 1 is 1.17 bits per heavy atom. The van der Waals surface area contributed by atoms with E-state index in [0.29, 0.717) is 0 Å². The SMILES string of the molecule is C=CCCc1ccc(CBr)cc1. The van der Waals surface area contributed by atoms with E-state index in [0.717, 1.165) is 18.2 Å². The van der Waals surface area contributed by atoms with Crippen molar-refractivity contribution in [3.05, 3.63) is 48.0 Å². The molecule has 0 heterocycles. The van der Waals surface area contributed by atoms with Gasteiger partial charge >= 0.3 is 0 Å². The maximum atomic E-state index is 3.70. The third-order valence-electron chi connectivity index (χ3n) is 1.81. The summed E-state index contributed by atoms with van der Waals surface area (Å²) in [5.41, 5.74) is 2.72. The van der Waals surface area contributed by atoms with Crippen LogP contribution in [0.4, 0.5) is 0 Å². The molecule has 0 aliphatic carbocycles. The Morgan fingerprint density at radius 3 is 2.25 bits per heavy atom. The van der Waals surface area contributed by atoms with E-state index < -0.39 is 0 Å². The topological polar surface area (TPSA) is 0 Å². The van der Waals surface area contributed by atoms with E-state index in [-0.39, 0.29) is 0 Å². The molecule has 0 saturated heterocycles. The molecule has 0 bridgehead atoms. The summed E-state index contributed by atoms with van der Waals surface area (Å²) in [6.45, 7) is 3.70. The minimum atomic E-state index is 0.939. The number of hydrogen-bond acceptors (Lipinski definition) is 0. The molecule has 0 fully saturated rings. The molecule has 1 rings (SSSR count). The number of hydrogen-bond donors (Lipinski definition) is 0. The van der Waals surface area contributed by atoms with Crippen LogP contribution in [0, 0.1) is 0 Å². The summed E-state index contributed by atoms with van der Waals surface area (Å²) in [7, 11) is 0. The summed E-state index contributed by atoms with van der Waals surface area (Å²) >= 11 is 3.42. The highest BCUT2D eigenvalue weighted by atomic mass is 79.9. The fourth-order valence-electron chi connectivity index (χ4n) is 1.06. The Bertz CT molecular complexity index is 236. The van der Waals surface area contributed by atoms with Gasteiger partial charge in [0.15, 0.2) is 0 Å². The van der Waals surface area contributed by atoms with Crippen LogP contribution in [-0.2, 0) is 11.8 Å². The lowest BCUT2D eigenvalue weighted by Crippen LogP contribution is -1.83. The Kier molecular flexibility index (Phi) is 4.09. The third-order valence-corrected chi connectivity index (χ3v) is 2.46. The van der Waals surface area contributed by atoms with Crippen LogP contribution in [0.3, 0.4) is 0 Å². The van der Waals surface area contributed by atoms with Gasteiger partial charge in [-0.2, -0.15) is 0 Å². The quantitative estimate of drug-likeness (QED) is 0.541. The molecule has 0 aromatic heterocycles. The maximum absolute atomic E-state index is 3.70. The molecule has 0 atom stereocenters. The summed E-state index contributed by atoms with van der Waals surface area (Å²) < 4.78 is 0. The summed E-state index contributed by atoms with van der Waals surface area (Å²) in [6.07, 6.45) is 4.12. The summed E-state index contributed by atoms with van der Waals surface area (Å²) in [6, 6.07) is 8.68. The molecular weight excluding hydrogens is 212 g/mol. The molecule has 0 aliphatic rings. The van der Waals surface area contributed by atoms with Crippen LogP contribution < -0.4 is 0 Å².